The van der Waals surface area contributed by atoms with E-state index in [1.54, 1.807) is 0 Å². The molecule has 0 bridgehead atoms. The van der Waals surface area contributed by atoms with Gasteiger partial charge in [0, 0.05) is 0 Å². The van der Waals surface area contributed by atoms with Crippen LogP contribution in [0.15, 0.2) is 0 Å². The van der Waals surface area contributed by atoms with Crippen LogP contribution >= 0.6 is 0 Å². The molecule has 0 heterocycles. The molecule has 4 nitrogen and oxygen atoms in total. The van der Waals surface area contributed by atoms with Crippen molar-refractivity contribution in [1.29, 1.82) is 0 Å². The Morgan fingerprint density at radius 2 is 1.12 bits per heavy atom. The van der Waals surface area contributed by atoms with Crippen LogP contribution in [0.3, 0.4) is 0 Å². The van der Waals surface area contributed by atoms with Crippen LogP contribution in [0.2, 0.25) is 19.6 Å². The third-order valence-corrected chi connectivity index (χ3v) is 2.80. The van der Waals surface area contributed by atoms with Gasteiger partial charge in [0.15, 0.2) is 8.32 Å². The molecule has 0 aliphatic rings. The molecule has 0 N–H and O–H groups in total. The molecular formula is C11H25FO4Si. The second-order valence-electron chi connectivity index (χ2n) is 4.49. The number of ether oxygens (including phenoxy) is 3. The molecule has 0 amide bonds. The van der Waals surface area contributed by atoms with Crippen LogP contribution in [-0.2, 0) is 18.6 Å². The van der Waals surface area contributed by atoms with Gasteiger partial charge in [-0.05, 0) is 19.6 Å². The Bertz CT molecular complexity index is 164. The number of alkyl halides is 1. The minimum Gasteiger partial charge on any atom is -0.415 e. The summed E-state index contributed by atoms with van der Waals surface area (Å²) in [6.45, 7) is 9.39. The highest BCUT2D eigenvalue weighted by Crippen LogP contribution is 2.01. The lowest BCUT2D eigenvalue weighted by Gasteiger charge is -2.16. The minimum atomic E-state index is -1.41. The summed E-state index contributed by atoms with van der Waals surface area (Å²) in [7, 11) is -1.41. The van der Waals surface area contributed by atoms with Crippen molar-refractivity contribution in [3.63, 3.8) is 0 Å². The Morgan fingerprint density at radius 3 is 1.53 bits per heavy atom. The molecule has 17 heavy (non-hydrogen) atoms. The normalized spacial score (nSPS) is 12.0. The van der Waals surface area contributed by atoms with E-state index < -0.39 is 15.0 Å². The standard InChI is InChI=1S/C11H25FO4Si/c1-17(2,3)16-11-10-15-9-8-14-7-6-13-5-4-12/h4-11H2,1-3H3. The predicted molar refractivity (Wildman–Crippen MR) is 67.7 cm³/mol. The highest BCUT2D eigenvalue weighted by Gasteiger charge is 2.12. The van der Waals surface area contributed by atoms with Crippen molar-refractivity contribution in [1.82, 2.24) is 0 Å². The largest absolute Gasteiger partial charge is 0.415 e. The van der Waals surface area contributed by atoms with E-state index in [9.17, 15) is 4.39 Å². The molecule has 0 rings (SSSR count). The molecule has 0 unspecified atom stereocenters. The molecule has 104 valence electrons. The second kappa shape index (κ2) is 11.1. The number of hydrogen-bond acceptors (Lipinski definition) is 4. The van der Waals surface area contributed by atoms with E-state index in [1.165, 1.54) is 0 Å². The van der Waals surface area contributed by atoms with E-state index in [-0.39, 0.29) is 6.61 Å². The zero-order chi connectivity index (χ0) is 13.0. The first kappa shape index (κ1) is 17.0. The van der Waals surface area contributed by atoms with Crippen molar-refractivity contribution in [3.05, 3.63) is 0 Å². The molecule has 0 aliphatic carbocycles. The van der Waals surface area contributed by atoms with Gasteiger partial charge in [-0.3, -0.25) is 0 Å². The van der Waals surface area contributed by atoms with Crippen LogP contribution in [0, 0.1) is 0 Å². The first-order chi connectivity index (χ1) is 8.06. The molecular weight excluding hydrogens is 243 g/mol. The van der Waals surface area contributed by atoms with Crippen molar-refractivity contribution < 1.29 is 23.0 Å². The summed E-state index contributed by atoms with van der Waals surface area (Å²) >= 11 is 0. The number of rotatable bonds is 12. The van der Waals surface area contributed by atoms with Crippen LogP contribution in [0.4, 0.5) is 4.39 Å². The second-order valence-corrected chi connectivity index (χ2v) is 9.00. The van der Waals surface area contributed by atoms with E-state index in [0.717, 1.165) is 0 Å². The minimum absolute atomic E-state index is 0.147. The highest BCUT2D eigenvalue weighted by atomic mass is 28.4. The summed E-state index contributed by atoms with van der Waals surface area (Å²) in [5.74, 6) is 0. The average Bonchev–Trinajstić information content (AvgIpc) is 2.24. The first-order valence-electron chi connectivity index (χ1n) is 5.99. The van der Waals surface area contributed by atoms with Gasteiger partial charge in [-0.25, -0.2) is 4.39 Å². The van der Waals surface area contributed by atoms with Crippen molar-refractivity contribution in [2.45, 2.75) is 19.6 Å². The fourth-order valence-corrected chi connectivity index (χ4v) is 1.70. The van der Waals surface area contributed by atoms with Crippen molar-refractivity contribution in [3.8, 4) is 0 Å². The molecule has 0 aliphatic heterocycles. The molecule has 0 saturated carbocycles. The summed E-state index contributed by atoms with van der Waals surface area (Å²) in [4.78, 5) is 0. The fraction of sp³-hybridized carbons (Fsp3) is 1.00. The van der Waals surface area contributed by atoms with E-state index in [4.69, 9.17) is 18.6 Å². The predicted octanol–water partition coefficient (Wildman–Crippen LogP) is 1.86. The Hall–Kier alpha value is -0.0131. The van der Waals surface area contributed by atoms with Gasteiger partial charge < -0.3 is 18.6 Å². The fourth-order valence-electron chi connectivity index (χ4n) is 1.00. The zero-order valence-corrected chi connectivity index (χ0v) is 12.2. The molecule has 0 aromatic rings. The molecule has 6 heteroatoms. The first-order valence-corrected chi connectivity index (χ1v) is 9.40. The quantitative estimate of drug-likeness (QED) is 0.400. The van der Waals surface area contributed by atoms with Gasteiger partial charge in [0.05, 0.1) is 46.2 Å². The smallest absolute Gasteiger partial charge is 0.183 e. The molecule has 0 radical (unpaired) electrons. The summed E-state index contributed by atoms with van der Waals surface area (Å²) in [6.07, 6.45) is 0. The average molecular weight is 268 g/mol. The van der Waals surface area contributed by atoms with Gasteiger partial charge >= 0.3 is 0 Å². The van der Waals surface area contributed by atoms with Gasteiger partial charge in [0.2, 0.25) is 0 Å². The third-order valence-electron chi connectivity index (χ3n) is 1.73. The van der Waals surface area contributed by atoms with Crippen LogP contribution < -0.4 is 0 Å². The summed E-state index contributed by atoms with van der Waals surface area (Å²) in [6, 6.07) is 0. The molecule has 0 saturated heterocycles. The Kier molecular flexibility index (Phi) is 11.1. The maximum Gasteiger partial charge on any atom is 0.183 e. The lowest BCUT2D eigenvalue weighted by molar-refractivity contribution is 0.00709. The maximum absolute atomic E-state index is 11.6. The summed E-state index contributed by atoms with van der Waals surface area (Å²) in [5.41, 5.74) is 0. The molecule has 0 atom stereocenters. The van der Waals surface area contributed by atoms with Crippen molar-refractivity contribution in [2.75, 3.05) is 52.9 Å². The summed E-state index contributed by atoms with van der Waals surface area (Å²) < 4.78 is 32.7. The summed E-state index contributed by atoms with van der Waals surface area (Å²) in [5, 5.41) is 0. The number of halogens is 1. The van der Waals surface area contributed by atoms with Gasteiger partial charge in [-0.1, -0.05) is 0 Å². The Labute approximate surface area is 105 Å². The molecule has 0 spiro atoms. The lowest BCUT2D eigenvalue weighted by Crippen LogP contribution is -2.27. The Balaban J connectivity index is 2.99. The molecule has 0 fully saturated rings. The maximum atomic E-state index is 11.6. The van der Waals surface area contributed by atoms with Crippen molar-refractivity contribution >= 4 is 8.32 Å². The van der Waals surface area contributed by atoms with Crippen LogP contribution in [0.1, 0.15) is 0 Å². The van der Waals surface area contributed by atoms with Crippen LogP contribution in [0.25, 0.3) is 0 Å². The van der Waals surface area contributed by atoms with Gasteiger partial charge in [0.25, 0.3) is 0 Å². The molecule has 0 aromatic carbocycles. The van der Waals surface area contributed by atoms with Gasteiger partial charge in [-0.15, -0.1) is 0 Å². The van der Waals surface area contributed by atoms with Crippen LogP contribution in [-0.4, -0.2) is 61.2 Å². The van der Waals surface area contributed by atoms with E-state index in [1.807, 2.05) is 0 Å². The SMILES string of the molecule is C[Si](C)(C)OCCOCCOCCOCCF. The zero-order valence-electron chi connectivity index (χ0n) is 11.2. The highest BCUT2D eigenvalue weighted by molar-refractivity contribution is 6.69. The molecule has 0 aromatic heterocycles. The van der Waals surface area contributed by atoms with Gasteiger partial charge in [0.1, 0.15) is 6.67 Å². The van der Waals surface area contributed by atoms with E-state index in [2.05, 4.69) is 19.6 Å². The van der Waals surface area contributed by atoms with Crippen LogP contribution in [0.5, 0.6) is 0 Å². The van der Waals surface area contributed by atoms with Gasteiger partial charge in [-0.2, -0.15) is 0 Å². The lowest BCUT2D eigenvalue weighted by atomic mass is 10.7. The van der Waals surface area contributed by atoms with E-state index >= 15 is 0 Å². The number of hydrogen-bond donors (Lipinski definition) is 0. The topological polar surface area (TPSA) is 36.9 Å². The van der Waals surface area contributed by atoms with Crippen molar-refractivity contribution in [2.24, 2.45) is 0 Å². The third kappa shape index (κ3) is 16.0. The van der Waals surface area contributed by atoms with E-state index in [0.29, 0.717) is 39.6 Å². The Morgan fingerprint density at radius 1 is 0.706 bits per heavy atom. The monoisotopic (exact) mass is 268 g/mol.